The quantitative estimate of drug-likeness (QED) is 0.635. The fourth-order valence-corrected chi connectivity index (χ4v) is 1.37. The molecule has 1 N–H and O–H groups in total. The lowest BCUT2D eigenvalue weighted by atomic mass is 10.3. The summed E-state index contributed by atoms with van der Waals surface area (Å²) in [5.74, 6) is -0.0812. The van der Waals surface area contributed by atoms with Gasteiger partial charge in [0.15, 0.2) is 0 Å². The van der Waals surface area contributed by atoms with Gasteiger partial charge in [0.05, 0.1) is 37.2 Å². The van der Waals surface area contributed by atoms with E-state index in [9.17, 15) is 9.90 Å². The van der Waals surface area contributed by atoms with Crippen LogP contribution < -0.4 is 4.90 Å². The fraction of sp³-hybridized carbons (Fsp3) is 0.375. The van der Waals surface area contributed by atoms with Gasteiger partial charge in [-0.1, -0.05) is 0 Å². The topological polar surface area (TPSA) is 66.3 Å². The summed E-state index contributed by atoms with van der Waals surface area (Å²) in [5, 5.41) is 9.23. The van der Waals surface area contributed by atoms with Crippen LogP contribution in [0.1, 0.15) is 6.42 Å². The summed E-state index contributed by atoms with van der Waals surface area (Å²) in [7, 11) is 0. The molecule has 1 aromatic heterocycles. The second-order valence-electron chi connectivity index (χ2n) is 2.96. The summed E-state index contributed by atoms with van der Waals surface area (Å²) in [6.45, 7) is 0.339. The van der Waals surface area contributed by atoms with Gasteiger partial charge in [0.2, 0.25) is 5.91 Å². The van der Waals surface area contributed by atoms with Gasteiger partial charge in [-0.2, -0.15) is 0 Å². The van der Waals surface area contributed by atoms with E-state index in [-0.39, 0.29) is 12.3 Å². The van der Waals surface area contributed by atoms with E-state index in [0.717, 1.165) is 0 Å². The minimum absolute atomic E-state index is 0.0812. The Labute approximate surface area is 75.0 Å². The standard InChI is InChI=1S/C8H9N3O2/c12-7-1-8(13)11(4-7)6-2-9-5-10-3-6/h2-3,5,7,12H,1,4H2. The second kappa shape index (κ2) is 3.10. The van der Waals surface area contributed by atoms with Crippen molar-refractivity contribution >= 4 is 11.6 Å². The number of aliphatic hydroxyl groups is 1. The van der Waals surface area contributed by atoms with Gasteiger partial charge < -0.3 is 10.0 Å². The molecule has 5 heteroatoms. The molecule has 0 aliphatic carbocycles. The van der Waals surface area contributed by atoms with E-state index in [4.69, 9.17) is 0 Å². The van der Waals surface area contributed by atoms with Crippen LogP contribution in [0.4, 0.5) is 5.69 Å². The molecule has 0 radical (unpaired) electrons. The molecule has 1 fully saturated rings. The number of nitrogens with zero attached hydrogens (tertiary/aromatic N) is 3. The largest absolute Gasteiger partial charge is 0.391 e. The molecule has 0 aromatic carbocycles. The van der Waals surface area contributed by atoms with Crippen molar-refractivity contribution in [2.24, 2.45) is 0 Å². The number of carbonyl (C=O) groups excluding carboxylic acids is 1. The second-order valence-corrected chi connectivity index (χ2v) is 2.96. The van der Waals surface area contributed by atoms with E-state index in [1.54, 1.807) is 12.4 Å². The highest BCUT2D eigenvalue weighted by molar-refractivity contribution is 5.95. The molecular formula is C8H9N3O2. The number of anilines is 1. The third-order valence-corrected chi connectivity index (χ3v) is 1.96. The number of aliphatic hydroxyl groups excluding tert-OH is 1. The molecule has 5 nitrogen and oxygen atoms in total. The van der Waals surface area contributed by atoms with Crippen LogP contribution in [0.2, 0.25) is 0 Å². The lowest BCUT2D eigenvalue weighted by molar-refractivity contribution is -0.117. The van der Waals surface area contributed by atoms with Crippen molar-refractivity contribution in [3.05, 3.63) is 18.7 Å². The molecule has 0 spiro atoms. The molecule has 0 bridgehead atoms. The highest BCUT2D eigenvalue weighted by Crippen LogP contribution is 2.18. The highest BCUT2D eigenvalue weighted by Gasteiger charge is 2.29. The van der Waals surface area contributed by atoms with Gasteiger partial charge in [-0.25, -0.2) is 9.97 Å². The molecule has 1 saturated heterocycles. The first-order valence-corrected chi connectivity index (χ1v) is 4.01. The molecule has 0 saturated carbocycles. The highest BCUT2D eigenvalue weighted by atomic mass is 16.3. The van der Waals surface area contributed by atoms with Crippen molar-refractivity contribution in [1.29, 1.82) is 0 Å². The van der Waals surface area contributed by atoms with E-state index in [1.807, 2.05) is 0 Å². The summed E-state index contributed by atoms with van der Waals surface area (Å²) < 4.78 is 0. The van der Waals surface area contributed by atoms with Crippen LogP contribution in [0, 0.1) is 0 Å². The minimum atomic E-state index is -0.562. The van der Waals surface area contributed by atoms with E-state index in [1.165, 1.54) is 11.2 Å². The molecule has 13 heavy (non-hydrogen) atoms. The Bertz CT molecular complexity index is 314. The number of rotatable bonds is 1. The van der Waals surface area contributed by atoms with Crippen molar-refractivity contribution in [1.82, 2.24) is 9.97 Å². The zero-order valence-electron chi connectivity index (χ0n) is 6.92. The third-order valence-electron chi connectivity index (χ3n) is 1.96. The summed E-state index contributed by atoms with van der Waals surface area (Å²) in [6.07, 6.45) is 4.15. The van der Waals surface area contributed by atoms with Gasteiger partial charge in [0.1, 0.15) is 6.33 Å². The average Bonchev–Trinajstić information content (AvgIpc) is 2.47. The average molecular weight is 179 g/mol. The fourth-order valence-electron chi connectivity index (χ4n) is 1.37. The number of amides is 1. The Morgan fingerprint density at radius 1 is 1.46 bits per heavy atom. The van der Waals surface area contributed by atoms with Crippen molar-refractivity contribution in [2.45, 2.75) is 12.5 Å². The van der Waals surface area contributed by atoms with E-state index >= 15 is 0 Å². The Kier molecular flexibility index (Phi) is 1.94. The van der Waals surface area contributed by atoms with Crippen LogP contribution in [0.25, 0.3) is 0 Å². The number of aromatic nitrogens is 2. The Hall–Kier alpha value is -1.49. The Morgan fingerprint density at radius 2 is 2.15 bits per heavy atom. The molecule has 1 unspecified atom stereocenters. The van der Waals surface area contributed by atoms with Crippen LogP contribution in [0.5, 0.6) is 0 Å². The predicted octanol–water partition coefficient (Wildman–Crippen LogP) is -0.426. The summed E-state index contributed by atoms with van der Waals surface area (Å²) >= 11 is 0. The van der Waals surface area contributed by atoms with Crippen LogP contribution in [0.15, 0.2) is 18.7 Å². The van der Waals surface area contributed by atoms with Crippen LogP contribution in [-0.4, -0.2) is 33.6 Å². The molecule has 1 aliphatic heterocycles. The van der Waals surface area contributed by atoms with Gasteiger partial charge in [0, 0.05) is 0 Å². The van der Waals surface area contributed by atoms with Crippen LogP contribution >= 0.6 is 0 Å². The zero-order valence-corrected chi connectivity index (χ0v) is 6.92. The Morgan fingerprint density at radius 3 is 2.69 bits per heavy atom. The number of β-amino-alcohol motifs (C(OH)–C–C–N with tert-alkyl or cyclic N) is 1. The van der Waals surface area contributed by atoms with Gasteiger partial charge in [-0.05, 0) is 0 Å². The normalized spacial score (nSPS) is 22.4. The van der Waals surface area contributed by atoms with Crippen LogP contribution in [0.3, 0.4) is 0 Å². The predicted molar refractivity (Wildman–Crippen MR) is 45.0 cm³/mol. The monoisotopic (exact) mass is 179 g/mol. The summed E-state index contributed by atoms with van der Waals surface area (Å²) in [5.41, 5.74) is 0.643. The van der Waals surface area contributed by atoms with Crippen molar-refractivity contribution < 1.29 is 9.90 Å². The molecule has 1 aliphatic rings. The van der Waals surface area contributed by atoms with Gasteiger partial charge in [-0.15, -0.1) is 0 Å². The molecule has 1 amide bonds. The molecule has 1 aromatic rings. The lowest BCUT2D eigenvalue weighted by Crippen LogP contribution is -2.25. The molecule has 68 valence electrons. The van der Waals surface area contributed by atoms with Gasteiger partial charge >= 0.3 is 0 Å². The first-order chi connectivity index (χ1) is 6.27. The molecule has 1 atom stereocenters. The smallest absolute Gasteiger partial charge is 0.229 e. The lowest BCUT2D eigenvalue weighted by Gasteiger charge is -2.13. The molecule has 2 rings (SSSR count). The van der Waals surface area contributed by atoms with E-state index in [0.29, 0.717) is 12.2 Å². The van der Waals surface area contributed by atoms with E-state index < -0.39 is 6.10 Å². The first kappa shape index (κ1) is 8.12. The van der Waals surface area contributed by atoms with Gasteiger partial charge in [0.25, 0.3) is 0 Å². The van der Waals surface area contributed by atoms with E-state index in [2.05, 4.69) is 9.97 Å². The minimum Gasteiger partial charge on any atom is -0.391 e. The summed E-state index contributed by atoms with van der Waals surface area (Å²) in [6, 6.07) is 0. The molecular weight excluding hydrogens is 170 g/mol. The maximum absolute atomic E-state index is 11.3. The SMILES string of the molecule is O=C1CC(O)CN1c1cncnc1. The number of carbonyl (C=O) groups is 1. The van der Waals surface area contributed by atoms with Crippen molar-refractivity contribution in [3.8, 4) is 0 Å². The maximum Gasteiger partial charge on any atom is 0.229 e. The first-order valence-electron chi connectivity index (χ1n) is 4.01. The van der Waals surface area contributed by atoms with Crippen LogP contribution in [-0.2, 0) is 4.79 Å². The number of hydrogen-bond acceptors (Lipinski definition) is 4. The molecule has 2 heterocycles. The third kappa shape index (κ3) is 1.50. The van der Waals surface area contributed by atoms with Gasteiger partial charge in [-0.3, -0.25) is 4.79 Å². The zero-order chi connectivity index (χ0) is 9.26. The van der Waals surface area contributed by atoms with Crippen molar-refractivity contribution in [2.75, 3.05) is 11.4 Å². The van der Waals surface area contributed by atoms with Crippen molar-refractivity contribution in [3.63, 3.8) is 0 Å². The number of hydrogen-bond donors (Lipinski definition) is 1. The Balaban J connectivity index is 2.23. The maximum atomic E-state index is 11.3. The summed E-state index contributed by atoms with van der Waals surface area (Å²) in [4.78, 5) is 20.4.